The van der Waals surface area contributed by atoms with E-state index in [1.165, 1.54) is 23.0 Å². The van der Waals surface area contributed by atoms with Crippen molar-refractivity contribution in [3.05, 3.63) is 64.7 Å². The fourth-order valence-corrected chi connectivity index (χ4v) is 3.23. The zero-order valence-corrected chi connectivity index (χ0v) is 14.7. The van der Waals surface area contributed by atoms with E-state index in [2.05, 4.69) is 30.5 Å². The Morgan fingerprint density at radius 3 is 2.68 bits per heavy atom. The number of halogens is 1. The lowest BCUT2D eigenvalue weighted by molar-refractivity contribution is 0.628. The molecular weight excluding hydrogens is 363 g/mol. The molecule has 10 heteroatoms. The molecule has 0 spiro atoms. The summed E-state index contributed by atoms with van der Waals surface area (Å²) in [4.78, 5) is 16.8. The van der Waals surface area contributed by atoms with Crippen molar-refractivity contribution in [2.24, 2.45) is 0 Å². The molecule has 5 aromatic rings. The molecule has 0 unspecified atom stereocenters. The molecule has 1 aromatic carbocycles. The fourth-order valence-electron chi connectivity index (χ4n) is 3.23. The molecule has 1 N–H and O–H groups in total. The second-order valence-electron chi connectivity index (χ2n) is 6.15. The minimum atomic E-state index is -0.388. The van der Waals surface area contributed by atoms with Crippen LogP contribution in [-0.2, 0) is 6.42 Å². The summed E-state index contributed by atoms with van der Waals surface area (Å²) in [7, 11) is 0. The zero-order chi connectivity index (χ0) is 19.3. The second kappa shape index (κ2) is 6.05. The Morgan fingerprint density at radius 2 is 1.96 bits per heavy atom. The summed E-state index contributed by atoms with van der Waals surface area (Å²) in [5.41, 5.74) is 3.14. The third kappa shape index (κ3) is 2.31. The number of benzene rings is 1. The number of aromatic nitrogens is 8. The Balaban J connectivity index is 1.81. The Morgan fingerprint density at radius 1 is 1.14 bits per heavy atom. The van der Waals surface area contributed by atoms with Crippen LogP contribution in [0, 0.1) is 5.82 Å². The lowest BCUT2D eigenvalue weighted by Gasteiger charge is -2.04. The molecule has 28 heavy (non-hydrogen) atoms. The summed E-state index contributed by atoms with van der Waals surface area (Å²) in [5.74, 6) is -0.0294. The van der Waals surface area contributed by atoms with E-state index in [-0.39, 0.29) is 22.8 Å². The van der Waals surface area contributed by atoms with Crippen LogP contribution < -0.4 is 5.56 Å². The molecule has 9 nitrogen and oxygen atoms in total. The van der Waals surface area contributed by atoms with Crippen molar-refractivity contribution < 1.29 is 4.39 Å². The average molecular weight is 376 g/mol. The van der Waals surface area contributed by atoms with Gasteiger partial charge in [-0.05, 0) is 30.2 Å². The Bertz CT molecular complexity index is 1370. The highest BCUT2D eigenvalue weighted by Crippen LogP contribution is 2.29. The molecule has 0 aliphatic heterocycles. The number of hydrogen-bond donors (Lipinski definition) is 1. The van der Waals surface area contributed by atoms with Gasteiger partial charge in [-0.15, -0.1) is 10.2 Å². The van der Waals surface area contributed by atoms with Gasteiger partial charge in [-0.2, -0.15) is 15.2 Å². The Hall–Kier alpha value is -3.95. The number of rotatable bonds is 3. The SMILES string of the molecule is CCc1nn2c(nnc3c(=O)n(-c4ncn[nH]4)ccc32)c1-c1ccc(F)cc1. The van der Waals surface area contributed by atoms with Crippen LogP contribution in [0.2, 0.25) is 0 Å². The van der Waals surface area contributed by atoms with Crippen LogP contribution in [0.25, 0.3) is 33.8 Å². The maximum absolute atomic E-state index is 13.3. The van der Waals surface area contributed by atoms with Crippen molar-refractivity contribution in [1.82, 2.24) is 39.6 Å². The molecule has 0 saturated carbocycles. The highest BCUT2D eigenvalue weighted by molar-refractivity contribution is 5.84. The minimum absolute atomic E-state index is 0.155. The van der Waals surface area contributed by atoms with Gasteiger partial charge >= 0.3 is 0 Å². The summed E-state index contributed by atoms with van der Waals surface area (Å²) in [6, 6.07) is 7.87. The largest absolute Gasteiger partial charge is 0.287 e. The molecule has 0 atom stereocenters. The van der Waals surface area contributed by atoms with Crippen LogP contribution in [0.5, 0.6) is 0 Å². The molecule has 0 saturated heterocycles. The molecule has 0 bridgehead atoms. The molecule has 4 aromatic heterocycles. The van der Waals surface area contributed by atoms with E-state index in [1.54, 1.807) is 28.9 Å². The number of H-pyrrole nitrogens is 1. The molecule has 0 aliphatic rings. The van der Waals surface area contributed by atoms with Crippen molar-refractivity contribution in [3.63, 3.8) is 0 Å². The average Bonchev–Trinajstić information content (AvgIpc) is 3.36. The molecule has 0 fully saturated rings. The topological polar surface area (TPSA) is 107 Å². The van der Waals surface area contributed by atoms with Gasteiger partial charge in [0.25, 0.3) is 5.56 Å². The number of nitrogens with one attached hydrogen (secondary N) is 1. The number of fused-ring (bicyclic) bond motifs is 3. The standard InChI is InChI=1S/C18H13FN8O/c1-2-12-14(10-3-5-11(19)6-4-10)16-23-22-15-13(27(16)25-12)7-8-26(17(15)28)18-20-9-21-24-18/h3-9H,2H2,1H3,(H,20,21,24). The van der Waals surface area contributed by atoms with Crippen LogP contribution in [0.4, 0.5) is 4.39 Å². The van der Waals surface area contributed by atoms with E-state index >= 15 is 0 Å². The van der Waals surface area contributed by atoms with Gasteiger partial charge in [0, 0.05) is 6.20 Å². The molecule has 138 valence electrons. The summed E-state index contributed by atoms with van der Waals surface area (Å²) >= 11 is 0. The summed E-state index contributed by atoms with van der Waals surface area (Å²) in [6.07, 6.45) is 3.54. The van der Waals surface area contributed by atoms with E-state index in [0.29, 0.717) is 17.6 Å². The second-order valence-corrected chi connectivity index (χ2v) is 6.15. The van der Waals surface area contributed by atoms with Gasteiger partial charge in [0.1, 0.15) is 17.7 Å². The lowest BCUT2D eigenvalue weighted by Crippen LogP contribution is -2.21. The lowest BCUT2D eigenvalue weighted by atomic mass is 10.0. The van der Waals surface area contributed by atoms with Crippen molar-refractivity contribution in [3.8, 4) is 17.1 Å². The monoisotopic (exact) mass is 376 g/mol. The maximum Gasteiger partial charge on any atom is 0.287 e. The highest BCUT2D eigenvalue weighted by atomic mass is 19.1. The first-order valence-electron chi connectivity index (χ1n) is 8.58. The van der Waals surface area contributed by atoms with Gasteiger partial charge in [0.2, 0.25) is 5.95 Å². The van der Waals surface area contributed by atoms with Crippen LogP contribution in [0.3, 0.4) is 0 Å². The normalized spacial score (nSPS) is 11.5. The third-order valence-corrected chi connectivity index (χ3v) is 4.55. The van der Waals surface area contributed by atoms with Crippen molar-refractivity contribution >= 4 is 16.7 Å². The predicted molar refractivity (Wildman–Crippen MR) is 98.6 cm³/mol. The van der Waals surface area contributed by atoms with Crippen LogP contribution in [0.15, 0.2) is 47.7 Å². The van der Waals surface area contributed by atoms with E-state index < -0.39 is 0 Å². The Labute approximate surface area is 156 Å². The third-order valence-electron chi connectivity index (χ3n) is 4.55. The summed E-state index contributed by atoms with van der Waals surface area (Å²) in [5, 5.41) is 19.4. The quantitative estimate of drug-likeness (QED) is 0.516. The van der Waals surface area contributed by atoms with Gasteiger partial charge in [0.15, 0.2) is 11.2 Å². The smallest absolute Gasteiger partial charge is 0.266 e. The minimum Gasteiger partial charge on any atom is -0.266 e. The predicted octanol–water partition coefficient (Wildman–Crippen LogP) is 1.91. The molecule has 0 aliphatic carbocycles. The number of hydrogen-bond acceptors (Lipinski definition) is 6. The van der Waals surface area contributed by atoms with Gasteiger partial charge in [-0.3, -0.25) is 9.36 Å². The van der Waals surface area contributed by atoms with Gasteiger partial charge in [-0.1, -0.05) is 19.1 Å². The van der Waals surface area contributed by atoms with Crippen LogP contribution in [-0.4, -0.2) is 39.6 Å². The first-order chi connectivity index (χ1) is 13.7. The highest BCUT2D eigenvalue weighted by Gasteiger charge is 2.19. The zero-order valence-electron chi connectivity index (χ0n) is 14.7. The summed E-state index contributed by atoms with van der Waals surface area (Å²) in [6.45, 7) is 1.97. The van der Waals surface area contributed by atoms with E-state index in [9.17, 15) is 9.18 Å². The number of nitrogens with zero attached hydrogens (tertiary/aromatic N) is 7. The first kappa shape index (κ1) is 16.2. The van der Waals surface area contributed by atoms with Gasteiger partial charge in [0.05, 0.1) is 11.3 Å². The molecule has 0 amide bonds. The van der Waals surface area contributed by atoms with Crippen molar-refractivity contribution in [2.75, 3.05) is 0 Å². The van der Waals surface area contributed by atoms with E-state index in [0.717, 1.165) is 16.8 Å². The van der Waals surface area contributed by atoms with E-state index in [1.807, 2.05) is 6.92 Å². The van der Waals surface area contributed by atoms with Gasteiger partial charge in [-0.25, -0.2) is 14.0 Å². The molecule has 5 rings (SSSR count). The van der Waals surface area contributed by atoms with Gasteiger partial charge < -0.3 is 0 Å². The van der Waals surface area contributed by atoms with Crippen LogP contribution >= 0.6 is 0 Å². The Kier molecular flexibility index (Phi) is 3.51. The molecular formula is C18H13FN8O. The first-order valence-corrected chi connectivity index (χ1v) is 8.58. The van der Waals surface area contributed by atoms with Crippen molar-refractivity contribution in [2.45, 2.75) is 13.3 Å². The fraction of sp³-hybridized carbons (Fsp3) is 0.111. The van der Waals surface area contributed by atoms with E-state index in [4.69, 9.17) is 0 Å². The summed E-state index contributed by atoms with van der Waals surface area (Å²) < 4.78 is 16.2. The number of aryl methyl sites for hydroxylation is 1. The maximum atomic E-state index is 13.3. The number of pyridine rings is 1. The number of aromatic amines is 1. The van der Waals surface area contributed by atoms with Crippen LogP contribution in [0.1, 0.15) is 12.6 Å². The van der Waals surface area contributed by atoms with Crippen molar-refractivity contribution in [1.29, 1.82) is 0 Å². The molecule has 4 heterocycles. The molecule has 0 radical (unpaired) electrons.